The maximum atomic E-state index is 8.87. The Morgan fingerprint density at radius 1 is 1.36 bits per heavy atom. The number of ether oxygens (including phenoxy) is 1. The van der Waals surface area contributed by atoms with Crippen LogP contribution in [0.1, 0.15) is 6.92 Å². The first-order chi connectivity index (χ1) is 4.92. The molecule has 0 aromatic rings. The molecule has 0 radical (unpaired) electrons. The zero-order chi connectivity index (χ0) is 8.91. The summed E-state index contributed by atoms with van der Waals surface area (Å²) in [6, 6.07) is 1.18. The van der Waals surface area contributed by atoms with Crippen LogP contribution >= 0.6 is 0 Å². The van der Waals surface area contributed by atoms with Crippen molar-refractivity contribution in [3.8, 4) is 0 Å². The normalized spacial score (nSPS) is 15.0. The minimum atomic E-state index is -0.936. The summed E-state index contributed by atoms with van der Waals surface area (Å²) >= 11 is 0. The van der Waals surface area contributed by atoms with Gasteiger partial charge in [0.2, 0.25) is 0 Å². The Balaban J connectivity index is 3.15. The monoisotopic (exact) mass is 176 g/mol. The summed E-state index contributed by atoms with van der Waals surface area (Å²) in [6.07, 6.45) is -0.323. The van der Waals surface area contributed by atoms with Gasteiger partial charge < -0.3 is 9.84 Å². The van der Waals surface area contributed by atoms with E-state index in [-0.39, 0.29) is 6.10 Å². The van der Waals surface area contributed by atoms with Gasteiger partial charge in [-0.05, 0) is 13.0 Å². The van der Waals surface area contributed by atoms with E-state index in [0.717, 1.165) is 6.61 Å². The van der Waals surface area contributed by atoms with Crippen molar-refractivity contribution in [1.82, 2.24) is 0 Å². The first-order valence-corrected chi connectivity index (χ1v) is 7.88. The van der Waals surface area contributed by atoms with Crippen molar-refractivity contribution >= 4 is 8.07 Å². The van der Waals surface area contributed by atoms with Gasteiger partial charge in [0.1, 0.15) is 0 Å². The highest BCUT2D eigenvalue weighted by Crippen LogP contribution is 2.07. The van der Waals surface area contributed by atoms with Crippen LogP contribution < -0.4 is 0 Å². The molecule has 0 aromatic heterocycles. The molecule has 0 aliphatic carbocycles. The standard InChI is InChI=1S/C8H20O2Si/c1-8(9)7-10-5-6-11(2,3)4/h8-9H,5-7H2,1-4H3. The molecule has 1 unspecified atom stereocenters. The molecule has 0 amide bonds. The smallest absolute Gasteiger partial charge is 0.0745 e. The number of rotatable bonds is 5. The van der Waals surface area contributed by atoms with E-state index in [9.17, 15) is 0 Å². The van der Waals surface area contributed by atoms with E-state index in [1.807, 2.05) is 0 Å². The Morgan fingerprint density at radius 2 is 1.91 bits per heavy atom. The minimum absolute atomic E-state index is 0.323. The SMILES string of the molecule is CC(O)COCC[Si](C)(C)C. The molecule has 0 spiro atoms. The Hall–Kier alpha value is 0.137. The zero-order valence-electron chi connectivity index (χ0n) is 8.05. The Kier molecular flexibility index (Phi) is 4.96. The average molecular weight is 176 g/mol. The molecular formula is C8H20O2Si. The summed E-state index contributed by atoms with van der Waals surface area (Å²) in [5.41, 5.74) is 0. The van der Waals surface area contributed by atoms with E-state index in [1.165, 1.54) is 6.04 Å². The lowest BCUT2D eigenvalue weighted by atomic mass is 10.4. The molecule has 0 heterocycles. The van der Waals surface area contributed by atoms with Gasteiger partial charge in [-0.15, -0.1) is 0 Å². The number of hydrogen-bond acceptors (Lipinski definition) is 2. The van der Waals surface area contributed by atoms with Gasteiger partial charge in [0.25, 0.3) is 0 Å². The summed E-state index contributed by atoms with van der Waals surface area (Å²) in [7, 11) is -0.936. The molecule has 0 bridgehead atoms. The van der Waals surface area contributed by atoms with Crippen LogP contribution in [0.2, 0.25) is 25.7 Å². The van der Waals surface area contributed by atoms with Crippen molar-refractivity contribution < 1.29 is 9.84 Å². The van der Waals surface area contributed by atoms with Crippen LogP contribution in [0, 0.1) is 0 Å². The largest absolute Gasteiger partial charge is 0.391 e. The molecule has 0 aromatic carbocycles. The Bertz CT molecular complexity index is 96.8. The van der Waals surface area contributed by atoms with E-state index in [1.54, 1.807) is 6.92 Å². The Labute approximate surface area is 70.6 Å². The fourth-order valence-corrected chi connectivity index (χ4v) is 1.39. The van der Waals surface area contributed by atoms with Crippen LogP contribution in [0.5, 0.6) is 0 Å². The van der Waals surface area contributed by atoms with Crippen LogP contribution in [-0.4, -0.2) is 32.5 Å². The second-order valence-electron chi connectivity index (χ2n) is 4.23. The van der Waals surface area contributed by atoms with Gasteiger partial charge in [0, 0.05) is 14.7 Å². The maximum absolute atomic E-state index is 8.87. The Morgan fingerprint density at radius 3 is 2.27 bits per heavy atom. The number of aliphatic hydroxyl groups is 1. The maximum Gasteiger partial charge on any atom is 0.0745 e. The molecule has 1 N–H and O–H groups in total. The van der Waals surface area contributed by atoms with Crippen LogP contribution in [0.3, 0.4) is 0 Å². The van der Waals surface area contributed by atoms with E-state index in [0.29, 0.717) is 6.61 Å². The highest BCUT2D eigenvalue weighted by molar-refractivity contribution is 6.76. The topological polar surface area (TPSA) is 29.5 Å². The predicted octanol–water partition coefficient (Wildman–Crippen LogP) is 1.72. The molecule has 3 heteroatoms. The molecule has 68 valence electrons. The fraction of sp³-hybridized carbons (Fsp3) is 1.00. The number of hydrogen-bond donors (Lipinski definition) is 1. The highest BCUT2D eigenvalue weighted by atomic mass is 28.3. The van der Waals surface area contributed by atoms with Gasteiger partial charge in [-0.1, -0.05) is 19.6 Å². The van der Waals surface area contributed by atoms with Crippen LogP contribution in [0.4, 0.5) is 0 Å². The molecule has 2 nitrogen and oxygen atoms in total. The molecule has 0 saturated carbocycles. The molecular weight excluding hydrogens is 156 g/mol. The molecule has 0 fully saturated rings. The van der Waals surface area contributed by atoms with Crippen LogP contribution in [-0.2, 0) is 4.74 Å². The van der Waals surface area contributed by atoms with Crippen molar-refractivity contribution in [2.45, 2.75) is 38.7 Å². The number of aliphatic hydroxyl groups excluding tert-OH is 1. The van der Waals surface area contributed by atoms with Gasteiger partial charge >= 0.3 is 0 Å². The lowest BCUT2D eigenvalue weighted by Gasteiger charge is -2.15. The van der Waals surface area contributed by atoms with Crippen molar-refractivity contribution in [3.63, 3.8) is 0 Å². The highest BCUT2D eigenvalue weighted by Gasteiger charge is 2.11. The molecule has 0 aliphatic rings. The van der Waals surface area contributed by atoms with Crippen LogP contribution in [0.25, 0.3) is 0 Å². The molecule has 0 aliphatic heterocycles. The second kappa shape index (κ2) is 4.90. The summed E-state index contributed by atoms with van der Waals surface area (Å²) in [6.45, 7) is 9.98. The molecule has 1 atom stereocenters. The van der Waals surface area contributed by atoms with Crippen molar-refractivity contribution in [2.75, 3.05) is 13.2 Å². The lowest BCUT2D eigenvalue weighted by Crippen LogP contribution is -2.23. The molecule has 11 heavy (non-hydrogen) atoms. The summed E-state index contributed by atoms with van der Waals surface area (Å²) in [5.74, 6) is 0. The van der Waals surface area contributed by atoms with E-state index >= 15 is 0 Å². The predicted molar refractivity (Wildman–Crippen MR) is 50.7 cm³/mol. The van der Waals surface area contributed by atoms with Crippen molar-refractivity contribution in [1.29, 1.82) is 0 Å². The van der Waals surface area contributed by atoms with E-state index < -0.39 is 8.07 Å². The van der Waals surface area contributed by atoms with Gasteiger partial charge in [-0.3, -0.25) is 0 Å². The first-order valence-electron chi connectivity index (χ1n) is 4.17. The van der Waals surface area contributed by atoms with Gasteiger partial charge in [0.05, 0.1) is 12.7 Å². The third-order valence-corrected chi connectivity index (χ3v) is 3.06. The van der Waals surface area contributed by atoms with E-state index in [4.69, 9.17) is 9.84 Å². The summed E-state index contributed by atoms with van der Waals surface area (Å²) < 4.78 is 5.26. The molecule has 0 saturated heterocycles. The second-order valence-corrected chi connectivity index (χ2v) is 9.86. The van der Waals surface area contributed by atoms with Gasteiger partial charge in [0.15, 0.2) is 0 Å². The third kappa shape index (κ3) is 10.1. The van der Waals surface area contributed by atoms with Crippen LogP contribution in [0.15, 0.2) is 0 Å². The lowest BCUT2D eigenvalue weighted by molar-refractivity contribution is 0.0523. The fourth-order valence-electron chi connectivity index (χ4n) is 0.632. The minimum Gasteiger partial charge on any atom is -0.391 e. The third-order valence-electron chi connectivity index (χ3n) is 1.36. The quantitative estimate of drug-likeness (QED) is 0.510. The van der Waals surface area contributed by atoms with Gasteiger partial charge in [-0.25, -0.2) is 0 Å². The molecule has 0 rings (SSSR count). The summed E-state index contributed by atoms with van der Waals surface area (Å²) in [5, 5.41) is 8.87. The van der Waals surface area contributed by atoms with E-state index in [2.05, 4.69) is 19.6 Å². The van der Waals surface area contributed by atoms with Crippen molar-refractivity contribution in [2.24, 2.45) is 0 Å². The zero-order valence-corrected chi connectivity index (χ0v) is 9.05. The summed E-state index contributed by atoms with van der Waals surface area (Å²) in [4.78, 5) is 0. The average Bonchev–Trinajstić information content (AvgIpc) is 1.78. The van der Waals surface area contributed by atoms with Crippen molar-refractivity contribution in [3.05, 3.63) is 0 Å². The van der Waals surface area contributed by atoms with Gasteiger partial charge in [-0.2, -0.15) is 0 Å². The first kappa shape index (κ1) is 11.1.